The molecule has 4 rings (SSSR count). The van der Waals surface area contributed by atoms with Crippen LogP contribution in [0.3, 0.4) is 0 Å². The molecule has 1 aromatic carbocycles. The molecule has 0 aliphatic carbocycles. The summed E-state index contributed by atoms with van der Waals surface area (Å²) < 4.78 is 11.3. The highest BCUT2D eigenvalue weighted by atomic mass is 35.5. The monoisotopic (exact) mass is 401 g/mol. The lowest BCUT2D eigenvalue weighted by atomic mass is 10.1. The van der Waals surface area contributed by atoms with Crippen molar-refractivity contribution in [1.29, 1.82) is 0 Å². The molecule has 0 amide bonds. The summed E-state index contributed by atoms with van der Waals surface area (Å²) in [4.78, 5) is 11.4. The van der Waals surface area contributed by atoms with Gasteiger partial charge in [0, 0.05) is 36.8 Å². The van der Waals surface area contributed by atoms with E-state index >= 15 is 0 Å². The summed E-state index contributed by atoms with van der Waals surface area (Å²) in [5.74, 6) is 2.40. The van der Waals surface area contributed by atoms with Crippen LogP contribution in [0.1, 0.15) is 17.0 Å². The zero-order valence-electron chi connectivity index (χ0n) is 15.2. The highest BCUT2D eigenvalue weighted by Gasteiger charge is 2.19. The second-order valence-corrected chi connectivity index (χ2v) is 7.59. The van der Waals surface area contributed by atoms with Crippen LogP contribution in [0, 0.1) is 0 Å². The Bertz CT molecular complexity index is 960. The van der Waals surface area contributed by atoms with Gasteiger partial charge in [0.25, 0.3) is 0 Å². The number of methoxy groups -OCH3 is 1. The van der Waals surface area contributed by atoms with Gasteiger partial charge in [0.1, 0.15) is 17.3 Å². The summed E-state index contributed by atoms with van der Waals surface area (Å²) in [7, 11) is 1.61. The molecule has 2 aromatic heterocycles. The van der Waals surface area contributed by atoms with E-state index in [4.69, 9.17) is 20.8 Å². The van der Waals surface area contributed by atoms with Crippen LogP contribution < -0.4 is 4.74 Å². The molecule has 0 atom stereocenters. The Balaban J connectivity index is 1.46. The summed E-state index contributed by atoms with van der Waals surface area (Å²) in [6, 6.07) is 9.67. The zero-order valence-corrected chi connectivity index (χ0v) is 16.8. The molecule has 140 valence electrons. The van der Waals surface area contributed by atoms with Gasteiger partial charge in [-0.25, -0.2) is 9.97 Å². The van der Waals surface area contributed by atoms with Crippen LogP contribution in [0.5, 0.6) is 5.75 Å². The topological polar surface area (TPSA) is 51.4 Å². The number of fused-ring (bicyclic) bond motifs is 1. The van der Waals surface area contributed by atoms with Gasteiger partial charge in [-0.15, -0.1) is 0 Å². The largest absolute Gasteiger partial charge is 0.495 e. The molecule has 7 heteroatoms. The fourth-order valence-electron chi connectivity index (χ4n) is 3.25. The maximum atomic E-state index is 6.22. The van der Waals surface area contributed by atoms with Crippen molar-refractivity contribution in [1.82, 2.24) is 14.9 Å². The molecule has 0 saturated carbocycles. The van der Waals surface area contributed by atoms with E-state index in [-0.39, 0.29) is 0 Å². The zero-order chi connectivity index (χ0) is 18.8. The predicted molar refractivity (Wildman–Crippen MR) is 107 cm³/mol. The molecule has 0 saturated heterocycles. The number of benzene rings is 1. The molecular formula is C20H20ClN3O2S. The smallest absolute Gasteiger partial charge is 0.187 e. The van der Waals surface area contributed by atoms with E-state index in [1.807, 2.05) is 42.8 Å². The molecule has 1 aliphatic rings. The SMILES string of the molecule is COc1ccc(-c2ccc(CN3CCc4nc(SC)ncc4C3)o2)cc1Cl. The number of halogens is 1. The van der Waals surface area contributed by atoms with Gasteiger partial charge in [0.15, 0.2) is 5.16 Å². The van der Waals surface area contributed by atoms with Crippen molar-refractivity contribution >= 4 is 23.4 Å². The molecule has 0 N–H and O–H groups in total. The number of aromatic nitrogens is 2. The Kier molecular flexibility index (Phi) is 5.38. The third kappa shape index (κ3) is 3.98. The second kappa shape index (κ2) is 7.92. The average Bonchev–Trinajstić information content (AvgIpc) is 3.16. The lowest BCUT2D eigenvalue weighted by Gasteiger charge is -2.27. The molecule has 27 heavy (non-hydrogen) atoms. The van der Waals surface area contributed by atoms with Crippen LogP contribution in [0.2, 0.25) is 5.02 Å². The Labute approximate surface area is 167 Å². The fourth-order valence-corrected chi connectivity index (χ4v) is 3.86. The van der Waals surface area contributed by atoms with Crippen molar-refractivity contribution in [3.63, 3.8) is 0 Å². The van der Waals surface area contributed by atoms with Gasteiger partial charge in [-0.1, -0.05) is 23.4 Å². The first-order chi connectivity index (χ1) is 13.2. The fraction of sp³-hybridized carbons (Fsp3) is 0.300. The van der Waals surface area contributed by atoms with Gasteiger partial charge in [0.05, 0.1) is 24.4 Å². The molecule has 1 aliphatic heterocycles. The minimum atomic E-state index is 0.574. The van der Waals surface area contributed by atoms with E-state index in [0.717, 1.165) is 48.3 Å². The molecule has 5 nitrogen and oxygen atoms in total. The van der Waals surface area contributed by atoms with E-state index in [1.54, 1.807) is 18.9 Å². The number of rotatable bonds is 5. The van der Waals surface area contributed by atoms with Crippen molar-refractivity contribution in [2.45, 2.75) is 24.7 Å². The number of hydrogen-bond donors (Lipinski definition) is 0. The quantitative estimate of drug-likeness (QED) is 0.457. The summed E-state index contributed by atoms with van der Waals surface area (Å²) in [5, 5.41) is 1.42. The highest BCUT2D eigenvalue weighted by Crippen LogP contribution is 2.31. The Morgan fingerprint density at radius 1 is 1.30 bits per heavy atom. The molecule has 3 aromatic rings. The van der Waals surface area contributed by atoms with Gasteiger partial charge < -0.3 is 9.15 Å². The Morgan fingerprint density at radius 2 is 2.19 bits per heavy atom. The molecule has 0 unspecified atom stereocenters. The van der Waals surface area contributed by atoms with E-state index in [2.05, 4.69) is 14.9 Å². The van der Waals surface area contributed by atoms with Crippen LogP contribution in [0.25, 0.3) is 11.3 Å². The summed E-state index contributed by atoms with van der Waals surface area (Å²) >= 11 is 7.80. The van der Waals surface area contributed by atoms with Crippen molar-refractivity contribution < 1.29 is 9.15 Å². The number of hydrogen-bond acceptors (Lipinski definition) is 6. The van der Waals surface area contributed by atoms with E-state index in [0.29, 0.717) is 10.8 Å². The molecule has 0 radical (unpaired) electrons. The normalized spacial score (nSPS) is 14.2. The number of thioether (sulfide) groups is 1. The van der Waals surface area contributed by atoms with E-state index < -0.39 is 0 Å². The van der Waals surface area contributed by atoms with Gasteiger partial charge in [0.2, 0.25) is 0 Å². The lowest BCUT2D eigenvalue weighted by Crippen LogP contribution is -2.30. The highest BCUT2D eigenvalue weighted by molar-refractivity contribution is 7.98. The van der Waals surface area contributed by atoms with Crippen LogP contribution in [-0.4, -0.2) is 34.8 Å². The summed E-state index contributed by atoms with van der Waals surface area (Å²) in [5.41, 5.74) is 3.31. The number of ether oxygens (including phenoxy) is 1. The molecule has 0 fully saturated rings. The first kappa shape index (κ1) is 18.3. The Hall–Kier alpha value is -2.02. The van der Waals surface area contributed by atoms with Gasteiger partial charge >= 0.3 is 0 Å². The van der Waals surface area contributed by atoms with Gasteiger partial charge in [-0.05, 0) is 36.6 Å². The maximum absolute atomic E-state index is 6.22. The average molecular weight is 402 g/mol. The lowest BCUT2D eigenvalue weighted by molar-refractivity contribution is 0.223. The van der Waals surface area contributed by atoms with E-state index in [1.165, 1.54) is 11.3 Å². The first-order valence-corrected chi connectivity index (χ1v) is 10.3. The van der Waals surface area contributed by atoms with E-state index in [9.17, 15) is 0 Å². The first-order valence-electron chi connectivity index (χ1n) is 8.70. The van der Waals surface area contributed by atoms with Crippen molar-refractivity contribution in [3.8, 4) is 17.1 Å². The number of furan rings is 1. The van der Waals surface area contributed by atoms with Crippen molar-refractivity contribution in [2.75, 3.05) is 19.9 Å². The van der Waals surface area contributed by atoms with Crippen LogP contribution in [0.4, 0.5) is 0 Å². The third-order valence-corrected chi connectivity index (χ3v) is 5.51. The molecule has 3 heterocycles. The van der Waals surface area contributed by atoms with Crippen LogP contribution in [0.15, 0.2) is 46.1 Å². The molecule has 0 spiro atoms. The van der Waals surface area contributed by atoms with Gasteiger partial charge in [-0.3, -0.25) is 4.90 Å². The third-order valence-electron chi connectivity index (χ3n) is 4.65. The number of nitrogens with zero attached hydrogens (tertiary/aromatic N) is 3. The standard InChI is InChI=1S/C20H20ClN3O2S/c1-25-19-5-3-13(9-16(19)21)18-6-4-15(26-18)12-24-8-7-17-14(11-24)10-22-20(23-17)27-2/h3-6,9-10H,7-8,11-12H2,1-2H3. The second-order valence-electron chi connectivity index (χ2n) is 6.40. The summed E-state index contributed by atoms with van der Waals surface area (Å²) in [6.07, 6.45) is 4.89. The van der Waals surface area contributed by atoms with Crippen molar-refractivity contribution in [3.05, 3.63) is 58.6 Å². The minimum Gasteiger partial charge on any atom is -0.495 e. The maximum Gasteiger partial charge on any atom is 0.187 e. The van der Waals surface area contributed by atoms with Crippen LogP contribution in [-0.2, 0) is 19.5 Å². The van der Waals surface area contributed by atoms with Crippen LogP contribution >= 0.6 is 23.4 Å². The molecular weight excluding hydrogens is 382 g/mol. The summed E-state index contributed by atoms with van der Waals surface area (Å²) in [6.45, 7) is 2.56. The van der Waals surface area contributed by atoms with Crippen molar-refractivity contribution in [2.24, 2.45) is 0 Å². The Morgan fingerprint density at radius 3 is 2.96 bits per heavy atom. The molecule has 0 bridgehead atoms. The predicted octanol–water partition coefficient (Wildman–Crippen LogP) is 4.68. The minimum absolute atomic E-state index is 0.574. The van der Waals surface area contributed by atoms with Gasteiger partial charge in [-0.2, -0.15) is 0 Å².